The Labute approximate surface area is 134 Å². The SMILES string of the molecule is C#CC(O)(C#C)c1ccccc1OC.[C-]#[O+].[C-]#[O+].[C-]#[O+].[Cr]. The van der Waals surface area contributed by atoms with E-state index in [1.165, 1.54) is 7.11 Å². The maximum Gasteiger partial charge on any atom is 0 e. The molecule has 0 spiro atoms. The fourth-order valence-corrected chi connectivity index (χ4v) is 1.14. The van der Waals surface area contributed by atoms with Gasteiger partial charge in [-0.15, -0.1) is 12.8 Å². The number of aliphatic hydroxyl groups is 1. The molecule has 0 fully saturated rings. The Morgan fingerprint density at radius 1 is 1.05 bits per heavy atom. The Hall–Kier alpha value is -2.15. The van der Waals surface area contributed by atoms with E-state index in [0.29, 0.717) is 11.3 Å². The van der Waals surface area contributed by atoms with Crippen molar-refractivity contribution in [1.29, 1.82) is 0 Å². The van der Waals surface area contributed by atoms with Gasteiger partial charge in [0.15, 0.2) is 0 Å². The van der Waals surface area contributed by atoms with Gasteiger partial charge in [-0.05, 0) is 6.07 Å². The normalized spacial score (nSPS) is 6.95. The molecule has 1 aromatic carbocycles. The van der Waals surface area contributed by atoms with E-state index in [4.69, 9.17) is 31.5 Å². The van der Waals surface area contributed by atoms with Crippen molar-refractivity contribution in [3.63, 3.8) is 0 Å². The van der Waals surface area contributed by atoms with Crippen molar-refractivity contribution in [2.24, 2.45) is 0 Å². The number of hydrogen-bond donors (Lipinski definition) is 1. The molecule has 0 aliphatic carbocycles. The molecule has 0 aliphatic heterocycles. The number of para-hydroxylation sites is 1. The Kier molecular flexibility index (Phi) is 23.2. The average Bonchev–Trinajstić information content (AvgIpc) is 2.59. The third-order valence-electron chi connectivity index (χ3n) is 1.91. The molecular formula is C15H10CrO5. The van der Waals surface area contributed by atoms with Gasteiger partial charge in [0.1, 0.15) is 5.75 Å². The van der Waals surface area contributed by atoms with E-state index < -0.39 is 5.60 Å². The molecule has 1 aromatic rings. The largest absolute Gasteiger partial charge is 0 e. The number of hydrogen-bond acceptors (Lipinski definition) is 2. The van der Waals surface area contributed by atoms with Crippen LogP contribution in [-0.2, 0) is 36.9 Å². The van der Waals surface area contributed by atoms with Gasteiger partial charge in [-0.2, -0.15) is 0 Å². The molecule has 1 rings (SSSR count). The van der Waals surface area contributed by atoms with Gasteiger partial charge in [0.05, 0.1) is 12.7 Å². The second kappa shape index (κ2) is 17.9. The Balaban J connectivity index is -0.000000183. The smallest absolute Gasteiger partial charge is 0 e. The van der Waals surface area contributed by atoms with Crippen molar-refractivity contribution in [2.75, 3.05) is 7.11 Å². The van der Waals surface area contributed by atoms with Crippen molar-refractivity contribution >= 4 is 0 Å². The quantitative estimate of drug-likeness (QED) is 0.501. The fraction of sp³-hybridized carbons (Fsp3) is 0.133. The van der Waals surface area contributed by atoms with Crippen LogP contribution in [0.3, 0.4) is 0 Å². The first-order chi connectivity index (χ1) is 9.68. The van der Waals surface area contributed by atoms with Crippen LogP contribution in [0.1, 0.15) is 5.56 Å². The zero-order valence-corrected chi connectivity index (χ0v) is 12.2. The van der Waals surface area contributed by atoms with Crippen LogP contribution < -0.4 is 4.74 Å². The summed E-state index contributed by atoms with van der Waals surface area (Å²) in [6.45, 7) is 13.5. The average molecular weight is 322 g/mol. The summed E-state index contributed by atoms with van der Waals surface area (Å²) in [5, 5.41) is 9.86. The maximum atomic E-state index is 9.86. The molecule has 1 N–H and O–H groups in total. The van der Waals surface area contributed by atoms with Crippen LogP contribution in [0, 0.1) is 44.6 Å². The summed E-state index contributed by atoms with van der Waals surface area (Å²) in [7, 11) is 1.49. The Morgan fingerprint density at radius 3 is 1.76 bits per heavy atom. The zero-order valence-electron chi connectivity index (χ0n) is 11.0. The Bertz CT molecular complexity index is 503. The second-order valence-corrected chi connectivity index (χ2v) is 2.70. The molecule has 6 heteroatoms. The van der Waals surface area contributed by atoms with Gasteiger partial charge in [-0.1, -0.05) is 30.0 Å². The molecule has 0 aromatic heterocycles. The monoisotopic (exact) mass is 322 g/mol. The molecular weight excluding hydrogens is 312 g/mol. The van der Waals surface area contributed by atoms with Gasteiger partial charge in [0, 0.05) is 17.4 Å². The van der Waals surface area contributed by atoms with Crippen LogP contribution in [-0.4, -0.2) is 12.2 Å². The summed E-state index contributed by atoms with van der Waals surface area (Å²) < 4.78 is 27.5. The first-order valence-corrected chi connectivity index (χ1v) is 4.60. The van der Waals surface area contributed by atoms with Gasteiger partial charge >= 0.3 is 33.9 Å². The van der Waals surface area contributed by atoms with Crippen molar-refractivity contribution in [2.45, 2.75) is 5.60 Å². The van der Waals surface area contributed by atoms with Gasteiger partial charge in [-0.25, -0.2) is 0 Å². The summed E-state index contributed by atoms with van der Waals surface area (Å²) in [4.78, 5) is 0. The maximum absolute atomic E-state index is 9.86. The van der Waals surface area contributed by atoms with Crippen LogP contribution in [0.15, 0.2) is 24.3 Å². The van der Waals surface area contributed by atoms with E-state index in [0.717, 1.165) is 0 Å². The number of terminal acetylenes is 2. The summed E-state index contributed by atoms with van der Waals surface area (Å²) in [5.74, 6) is 4.79. The molecule has 0 unspecified atom stereocenters. The topological polar surface area (TPSA) is 89.2 Å². The predicted octanol–water partition coefficient (Wildman–Crippen LogP) is 1.03. The second-order valence-electron chi connectivity index (χ2n) is 2.70. The molecule has 0 bridgehead atoms. The number of rotatable bonds is 2. The third kappa shape index (κ3) is 8.59. The first-order valence-electron chi connectivity index (χ1n) is 4.60. The summed E-state index contributed by atoms with van der Waals surface area (Å²) in [6.07, 6.45) is 10.4. The standard InChI is InChI=1S/C12H10O2.3CO.Cr/c1-4-12(13,5-2)10-8-6-7-9-11(10)14-3;3*1-2;/h1-2,6-9,13H,3H3;;;;. The van der Waals surface area contributed by atoms with Gasteiger partial charge in [-0.3, -0.25) is 0 Å². The molecule has 21 heavy (non-hydrogen) atoms. The summed E-state index contributed by atoms with van der Waals surface area (Å²) >= 11 is 0. The van der Waals surface area contributed by atoms with Gasteiger partial charge in [0.2, 0.25) is 5.60 Å². The van der Waals surface area contributed by atoms with Crippen LogP contribution in [0.4, 0.5) is 0 Å². The minimum absolute atomic E-state index is 0. The van der Waals surface area contributed by atoms with Gasteiger partial charge < -0.3 is 9.84 Å². The van der Waals surface area contributed by atoms with Crippen molar-refractivity contribution < 1.29 is 41.2 Å². The van der Waals surface area contributed by atoms with Gasteiger partial charge in [0.25, 0.3) is 0 Å². The van der Waals surface area contributed by atoms with E-state index >= 15 is 0 Å². The van der Waals surface area contributed by atoms with E-state index in [2.05, 4.69) is 31.8 Å². The van der Waals surface area contributed by atoms with E-state index in [1.54, 1.807) is 24.3 Å². The van der Waals surface area contributed by atoms with E-state index in [9.17, 15) is 5.11 Å². The van der Waals surface area contributed by atoms with Crippen LogP contribution in [0.25, 0.3) is 0 Å². The molecule has 0 radical (unpaired) electrons. The fourth-order valence-electron chi connectivity index (χ4n) is 1.14. The van der Waals surface area contributed by atoms with Crippen molar-refractivity contribution in [1.82, 2.24) is 0 Å². The van der Waals surface area contributed by atoms with Crippen molar-refractivity contribution in [3.8, 4) is 30.4 Å². The molecule has 0 amide bonds. The summed E-state index contributed by atoms with van der Waals surface area (Å²) in [6, 6.07) is 6.83. The van der Waals surface area contributed by atoms with Crippen molar-refractivity contribution in [3.05, 3.63) is 49.8 Å². The number of methoxy groups -OCH3 is 1. The first kappa shape index (κ1) is 27.2. The minimum Gasteiger partial charge on any atom is 0 e. The minimum atomic E-state index is -1.70. The number of ether oxygens (including phenoxy) is 1. The third-order valence-corrected chi connectivity index (χ3v) is 1.91. The van der Waals surface area contributed by atoms with Crippen LogP contribution in [0.2, 0.25) is 0 Å². The molecule has 0 atom stereocenters. The molecule has 0 aliphatic rings. The van der Waals surface area contributed by atoms with E-state index in [1.807, 2.05) is 0 Å². The van der Waals surface area contributed by atoms with E-state index in [-0.39, 0.29) is 17.4 Å². The Morgan fingerprint density at radius 2 is 1.43 bits per heavy atom. The predicted molar refractivity (Wildman–Crippen MR) is 66.3 cm³/mol. The molecule has 106 valence electrons. The zero-order chi connectivity index (χ0) is 16.6. The molecule has 5 nitrogen and oxygen atoms in total. The van der Waals surface area contributed by atoms with Crippen LogP contribution >= 0.6 is 0 Å². The summed E-state index contributed by atoms with van der Waals surface area (Å²) in [5.41, 5.74) is -1.29. The molecule has 0 saturated heterocycles. The molecule has 0 saturated carbocycles. The molecule has 0 heterocycles. The van der Waals surface area contributed by atoms with Crippen LogP contribution in [0.5, 0.6) is 5.75 Å². The number of benzene rings is 1.